The lowest BCUT2D eigenvalue weighted by atomic mass is 9.97. The molecule has 0 fully saturated rings. The van der Waals surface area contributed by atoms with Gasteiger partial charge in [-0.3, -0.25) is 4.79 Å². The second-order valence-corrected chi connectivity index (χ2v) is 5.57. The molecule has 0 bridgehead atoms. The summed E-state index contributed by atoms with van der Waals surface area (Å²) in [5, 5.41) is 10.6. The molecule has 0 radical (unpaired) electrons. The number of ether oxygens (including phenoxy) is 1. The van der Waals surface area contributed by atoms with Crippen LogP contribution in [0, 0.1) is 0 Å². The second kappa shape index (κ2) is 9.34. The van der Waals surface area contributed by atoms with Crippen LogP contribution in [0.15, 0.2) is 60.7 Å². The van der Waals surface area contributed by atoms with E-state index >= 15 is 0 Å². The quantitative estimate of drug-likeness (QED) is 0.593. The molecule has 0 saturated carbocycles. The van der Waals surface area contributed by atoms with E-state index in [0.29, 0.717) is 23.3 Å². The number of primary amides is 1. The van der Waals surface area contributed by atoms with Crippen LogP contribution in [-0.2, 0) is 14.3 Å². The summed E-state index contributed by atoms with van der Waals surface area (Å²) in [5.74, 6) is -1.02. The minimum atomic E-state index is -0.840. The highest BCUT2D eigenvalue weighted by molar-refractivity contribution is 5.90. The molecule has 2 aromatic carbocycles. The van der Waals surface area contributed by atoms with E-state index in [-0.39, 0.29) is 0 Å². The maximum Gasteiger partial charge on any atom is 0.330 e. The molecule has 2 rings (SSSR count). The SMILES string of the molecule is CCOC(=O)/C=C/c1cc(/C=C/C(N)=O)cc(C(O)c2ccccc2)c1. The van der Waals surface area contributed by atoms with Gasteiger partial charge in [0.1, 0.15) is 6.10 Å². The first-order valence-electron chi connectivity index (χ1n) is 8.20. The van der Waals surface area contributed by atoms with Gasteiger partial charge in [-0.15, -0.1) is 0 Å². The molecule has 134 valence electrons. The molecule has 26 heavy (non-hydrogen) atoms. The summed E-state index contributed by atoms with van der Waals surface area (Å²) in [6, 6.07) is 14.5. The van der Waals surface area contributed by atoms with E-state index in [4.69, 9.17) is 10.5 Å². The molecule has 0 aliphatic rings. The molecule has 5 nitrogen and oxygen atoms in total. The molecule has 5 heteroatoms. The van der Waals surface area contributed by atoms with Gasteiger partial charge in [-0.2, -0.15) is 0 Å². The number of benzene rings is 2. The molecule has 1 amide bonds. The highest BCUT2D eigenvalue weighted by Gasteiger charge is 2.11. The molecule has 0 heterocycles. The largest absolute Gasteiger partial charge is 0.463 e. The van der Waals surface area contributed by atoms with Crippen molar-refractivity contribution in [3.8, 4) is 0 Å². The fourth-order valence-electron chi connectivity index (χ4n) is 2.41. The number of carbonyl (C=O) groups excluding carboxylic acids is 2. The van der Waals surface area contributed by atoms with Gasteiger partial charge in [0.2, 0.25) is 5.91 Å². The Kier molecular flexibility index (Phi) is 6.88. The molecule has 0 aliphatic heterocycles. The Hall–Kier alpha value is -3.18. The summed E-state index contributed by atoms with van der Waals surface area (Å²) in [7, 11) is 0. The number of nitrogens with two attached hydrogens (primary N) is 1. The molecular formula is C21H21NO4. The van der Waals surface area contributed by atoms with Crippen molar-refractivity contribution in [2.24, 2.45) is 5.73 Å². The standard InChI is InChI=1S/C21H21NO4/c1-2-26-20(24)11-9-16-12-15(8-10-19(22)23)13-18(14-16)21(25)17-6-4-3-5-7-17/h3-14,21,25H,2H2,1H3,(H2,22,23)/b10-8+,11-9+. The smallest absolute Gasteiger partial charge is 0.330 e. The fraction of sp³-hybridized carbons (Fsp3) is 0.143. The van der Waals surface area contributed by atoms with E-state index in [2.05, 4.69) is 0 Å². The summed E-state index contributed by atoms with van der Waals surface area (Å²) in [6.45, 7) is 2.03. The maximum atomic E-state index is 11.5. The van der Waals surface area contributed by atoms with E-state index in [1.807, 2.05) is 30.3 Å². The van der Waals surface area contributed by atoms with Crippen LogP contribution < -0.4 is 5.73 Å². The molecule has 2 aromatic rings. The summed E-state index contributed by atoms with van der Waals surface area (Å²) >= 11 is 0. The lowest BCUT2D eigenvalue weighted by Crippen LogP contribution is -2.05. The van der Waals surface area contributed by atoms with Crippen molar-refractivity contribution in [3.05, 3.63) is 82.9 Å². The van der Waals surface area contributed by atoms with Crippen molar-refractivity contribution in [2.75, 3.05) is 6.61 Å². The summed E-state index contributed by atoms with van der Waals surface area (Å²) in [6.07, 6.45) is 4.88. The molecule has 0 aliphatic carbocycles. The maximum absolute atomic E-state index is 11.5. The Morgan fingerprint density at radius 2 is 1.65 bits per heavy atom. The Labute approximate surface area is 152 Å². The minimum Gasteiger partial charge on any atom is -0.463 e. The lowest BCUT2D eigenvalue weighted by Gasteiger charge is -2.13. The van der Waals surface area contributed by atoms with Gasteiger partial charge in [-0.05, 0) is 59.5 Å². The summed E-state index contributed by atoms with van der Waals surface area (Å²) in [5.41, 5.74) is 7.89. The van der Waals surface area contributed by atoms with Crippen LogP contribution in [0.5, 0.6) is 0 Å². The number of aliphatic hydroxyl groups is 1. The van der Waals surface area contributed by atoms with Crippen LogP contribution in [0.4, 0.5) is 0 Å². The predicted octanol–water partition coefficient (Wildman–Crippen LogP) is 2.84. The second-order valence-electron chi connectivity index (χ2n) is 5.57. The number of esters is 1. The van der Waals surface area contributed by atoms with E-state index in [0.717, 1.165) is 5.56 Å². The number of aliphatic hydroxyl groups excluding tert-OH is 1. The van der Waals surface area contributed by atoms with E-state index in [1.54, 1.807) is 37.3 Å². The van der Waals surface area contributed by atoms with E-state index in [1.165, 1.54) is 12.2 Å². The van der Waals surface area contributed by atoms with Gasteiger partial charge in [0.05, 0.1) is 6.61 Å². The lowest BCUT2D eigenvalue weighted by molar-refractivity contribution is -0.137. The van der Waals surface area contributed by atoms with Crippen LogP contribution in [0.2, 0.25) is 0 Å². The monoisotopic (exact) mass is 351 g/mol. The Morgan fingerprint density at radius 1 is 1.04 bits per heavy atom. The molecule has 3 N–H and O–H groups in total. The fourth-order valence-corrected chi connectivity index (χ4v) is 2.41. The van der Waals surface area contributed by atoms with Gasteiger partial charge in [0.15, 0.2) is 0 Å². The van der Waals surface area contributed by atoms with Crippen molar-refractivity contribution < 1.29 is 19.4 Å². The Bertz CT molecular complexity index is 825. The van der Waals surface area contributed by atoms with Crippen molar-refractivity contribution in [1.82, 2.24) is 0 Å². The highest BCUT2D eigenvalue weighted by Crippen LogP contribution is 2.25. The number of hydrogen-bond acceptors (Lipinski definition) is 4. The summed E-state index contributed by atoms with van der Waals surface area (Å²) < 4.78 is 4.87. The van der Waals surface area contributed by atoms with Gasteiger partial charge in [-0.25, -0.2) is 4.79 Å². The zero-order valence-corrected chi connectivity index (χ0v) is 14.5. The van der Waals surface area contributed by atoms with Crippen molar-refractivity contribution in [3.63, 3.8) is 0 Å². The molecule has 1 atom stereocenters. The average molecular weight is 351 g/mol. The first-order chi connectivity index (χ1) is 12.5. The first kappa shape index (κ1) is 19.1. The zero-order valence-electron chi connectivity index (χ0n) is 14.5. The Morgan fingerprint density at radius 3 is 2.23 bits per heavy atom. The molecule has 0 spiro atoms. The van der Waals surface area contributed by atoms with Gasteiger partial charge >= 0.3 is 5.97 Å². The molecule has 0 aromatic heterocycles. The highest BCUT2D eigenvalue weighted by atomic mass is 16.5. The normalized spacial score (nSPS) is 12.4. The summed E-state index contributed by atoms with van der Waals surface area (Å²) in [4.78, 5) is 22.5. The van der Waals surface area contributed by atoms with Crippen molar-refractivity contribution in [2.45, 2.75) is 13.0 Å². The first-order valence-corrected chi connectivity index (χ1v) is 8.20. The van der Waals surface area contributed by atoms with Crippen LogP contribution in [0.1, 0.15) is 35.3 Å². The van der Waals surface area contributed by atoms with Gasteiger partial charge in [0.25, 0.3) is 0 Å². The number of carbonyl (C=O) groups is 2. The van der Waals surface area contributed by atoms with Crippen LogP contribution in [0.3, 0.4) is 0 Å². The van der Waals surface area contributed by atoms with E-state index < -0.39 is 18.0 Å². The Balaban J connectivity index is 2.40. The molecular weight excluding hydrogens is 330 g/mol. The average Bonchev–Trinajstić information content (AvgIpc) is 2.65. The number of hydrogen-bond donors (Lipinski definition) is 2. The van der Waals surface area contributed by atoms with Crippen LogP contribution in [-0.4, -0.2) is 23.6 Å². The zero-order chi connectivity index (χ0) is 18.9. The molecule has 0 saturated heterocycles. The van der Waals surface area contributed by atoms with Gasteiger partial charge < -0.3 is 15.6 Å². The van der Waals surface area contributed by atoms with E-state index in [9.17, 15) is 14.7 Å². The van der Waals surface area contributed by atoms with Crippen LogP contribution in [0.25, 0.3) is 12.2 Å². The van der Waals surface area contributed by atoms with Crippen molar-refractivity contribution in [1.29, 1.82) is 0 Å². The molecule has 1 unspecified atom stereocenters. The van der Waals surface area contributed by atoms with Gasteiger partial charge in [-0.1, -0.05) is 30.3 Å². The van der Waals surface area contributed by atoms with Crippen molar-refractivity contribution >= 4 is 24.0 Å². The number of rotatable bonds is 7. The third-order valence-corrected chi connectivity index (χ3v) is 3.57. The third kappa shape index (κ3) is 5.72. The van der Waals surface area contributed by atoms with Crippen LogP contribution >= 0.6 is 0 Å². The number of amides is 1. The third-order valence-electron chi connectivity index (χ3n) is 3.57. The van der Waals surface area contributed by atoms with Gasteiger partial charge in [0, 0.05) is 12.2 Å². The minimum absolute atomic E-state index is 0.294. The predicted molar refractivity (Wildman–Crippen MR) is 101 cm³/mol. The topological polar surface area (TPSA) is 89.6 Å².